The zero-order valence-corrected chi connectivity index (χ0v) is 9.98. The van der Waals surface area contributed by atoms with Gasteiger partial charge in [0.05, 0.1) is 6.61 Å². The largest absolute Gasteiger partial charge is 0.466 e. The van der Waals surface area contributed by atoms with E-state index in [1.807, 2.05) is 6.92 Å². The van der Waals surface area contributed by atoms with Crippen LogP contribution in [0.2, 0.25) is 0 Å². The van der Waals surface area contributed by atoms with Crippen molar-refractivity contribution < 1.29 is 19.1 Å². The van der Waals surface area contributed by atoms with Crippen LogP contribution in [0, 0.1) is 0 Å². The number of nitrogens with zero attached hydrogens (tertiary/aromatic N) is 1. The second-order valence-corrected chi connectivity index (χ2v) is 3.84. The molecule has 0 unspecified atom stereocenters. The number of ether oxygens (including phenoxy) is 1. The fourth-order valence-corrected chi connectivity index (χ4v) is 1.44. The van der Waals surface area contributed by atoms with Crippen LogP contribution in [0.25, 0.3) is 0 Å². The highest BCUT2D eigenvalue weighted by molar-refractivity contribution is 6.12. The molecule has 0 saturated carbocycles. The zero-order chi connectivity index (χ0) is 12.7. The molecule has 0 aromatic carbocycles. The molecule has 1 aliphatic rings. The maximum Gasteiger partial charge on any atom is 0.305 e. The first-order chi connectivity index (χ1) is 8.15. The Kier molecular flexibility index (Phi) is 5.39. The summed E-state index contributed by atoms with van der Waals surface area (Å²) < 4.78 is 4.96. The van der Waals surface area contributed by atoms with Gasteiger partial charge in [-0.25, -0.2) is 0 Å². The summed E-state index contributed by atoms with van der Waals surface area (Å²) in [6.07, 6.45) is 5.00. The molecule has 1 aliphatic heterocycles. The summed E-state index contributed by atoms with van der Waals surface area (Å²) in [6.45, 7) is 2.73. The van der Waals surface area contributed by atoms with Gasteiger partial charge in [-0.2, -0.15) is 0 Å². The second kappa shape index (κ2) is 6.83. The van der Waals surface area contributed by atoms with E-state index < -0.39 is 0 Å². The number of carbonyl (C=O) groups is 3. The minimum atomic E-state index is -0.311. The van der Waals surface area contributed by atoms with Crippen molar-refractivity contribution in [2.24, 2.45) is 0 Å². The van der Waals surface area contributed by atoms with Gasteiger partial charge in [0.2, 0.25) is 0 Å². The van der Waals surface area contributed by atoms with Crippen molar-refractivity contribution >= 4 is 17.8 Å². The lowest BCUT2D eigenvalue weighted by Gasteiger charge is -2.12. The Morgan fingerprint density at radius 3 is 2.47 bits per heavy atom. The molecule has 0 fully saturated rings. The first-order valence-electron chi connectivity index (χ1n) is 5.84. The maximum atomic E-state index is 11.2. The second-order valence-electron chi connectivity index (χ2n) is 3.84. The molecule has 2 amide bonds. The van der Waals surface area contributed by atoms with Crippen LogP contribution < -0.4 is 0 Å². The third kappa shape index (κ3) is 4.38. The predicted octanol–water partition coefficient (Wildman–Crippen LogP) is 1.03. The standard InChI is InChI=1S/C12H17NO4/c1-2-3-9-17-12(16)5-4-8-13-10(14)6-7-11(13)15/h6-7H,2-5,8-9H2,1H3. The van der Waals surface area contributed by atoms with Crippen molar-refractivity contribution in [2.45, 2.75) is 32.6 Å². The lowest BCUT2D eigenvalue weighted by atomic mass is 10.3. The molecule has 0 saturated heterocycles. The van der Waals surface area contributed by atoms with Crippen LogP contribution >= 0.6 is 0 Å². The van der Waals surface area contributed by atoms with Gasteiger partial charge in [0, 0.05) is 25.1 Å². The van der Waals surface area contributed by atoms with E-state index in [0.29, 0.717) is 13.0 Å². The van der Waals surface area contributed by atoms with Crippen LogP contribution in [-0.4, -0.2) is 35.8 Å². The highest BCUT2D eigenvalue weighted by atomic mass is 16.5. The number of imide groups is 1. The summed E-state index contributed by atoms with van der Waals surface area (Å²) in [5.74, 6) is -0.894. The SMILES string of the molecule is CCCCOC(=O)CCCN1C(=O)C=CC1=O. The van der Waals surface area contributed by atoms with Crippen molar-refractivity contribution in [3.63, 3.8) is 0 Å². The number of unbranched alkanes of at least 4 members (excludes halogenated alkanes) is 1. The van der Waals surface area contributed by atoms with Crippen LogP contribution in [-0.2, 0) is 19.1 Å². The molecule has 0 N–H and O–H groups in total. The van der Waals surface area contributed by atoms with Crippen LogP contribution in [0.15, 0.2) is 12.2 Å². The van der Waals surface area contributed by atoms with Gasteiger partial charge in [-0.15, -0.1) is 0 Å². The third-order valence-electron chi connectivity index (χ3n) is 2.42. The van der Waals surface area contributed by atoms with Crippen LogP contribution in [0.3, 0.4) is 0 Å². The first kappa shape index (κ1) is 13.4. The van der Waals surface area contributed by atoms with Crippen molar-refractivity contribution in [3.05, 3.63) is 12.2 Å². The average Bonchev–Trinajstić information content (AvgIpc) is 2.61. The van der Waals surface area contributed by atoms with E-state index in [1.54, 1.807) is 0 Å². The monoisotopic (exact) mass is 239 g/mol. The van der Waals surface area contributed by atoms with E-state index >= 15 is 0 Å². The average molecular weight is 239 g/mol. The lowest BCUT2D eigenvalue weighted by molar-refractivity contribution is -0.145. The van der Waals surface area contributed by atoms with Crippen LogP contribution in [0.4, 0.5) is 0 Å². The molecule has 0 bridgehead atoms. The number of carbonyl (C=O) groups excluding carboxylic acids is 3. The molecule has 0 atom stereocenters. The predicted molar refractivity (Wildman–Crippen MR) is 61.0 cm³/mol. The molecular formula is C12H17NO4. The number of hydrogen-bond donors (Lipinski definition) is 0. The summed E-state index contributed by atoms with van der Waals surface area (Å²) >= 11 is 0. The minimum absolute atomic E-state index is 0.237. The molecule has 0 spiro atoms. The molecule has 0 aromatic rings. The number of amides is 2. The summed E-state index contributed by atoms with van der Waals surface area (Å²) in [4.78, 5) is 34.7. The maximum absolute atomic E-state index is 11.2. The highest BCUT2D eigenvalue weighted by Gasteiger charge is 2.22. The Morgan fingerprint density at radius 2 is 1.88 bits per heavy atom. The zero-order valence-electron chi connectivity index (χ0n) is 9.98. The first-order valence-corrected chi connectivity index (χ1v) is 5.84. The normalized spacial score (nSPS) is 14.5. The minimum Gasteiger partial charge on any atom is -0.466 e. The van der Waals surface area contributed by atoms with Gasteiger partial charge in [-0.1, -0.05) is 13.3 Å². The van der Waals surface area contributed by atoms with E-state index in [9.17, 15) is 14.4 Å². The van der Waals surface area contributed by atoms with Crippen molar-refractivity contribution in [3.8, 4) is 0 Å². The summed E-state index contributed by atoms with van der Waals surface area (Å²) in [5, 5.41) is 0. The van der Waals surface area contributed by atoms with Crippen molar-refractivity contribution in [2.75, 3.05) is 13.2 Å². The third-order valence-corrected chi connectivity index (χ3v) is 2.42. The molecule has 1 heterocycles. The van der Waals surface area contributed by atoms with Gasteiger partial charge >= 0.3 is 5.97 Å². The number of rotatable bonds is 7. The van der Waals surface area contributed by atoms with E-state index in [1.165, 1.54) is 12.2 Å². The Labute approximate surface area is 100 Å². The lowest BCUT2D eigenvalue weighted by Crippen LogP contribution is -2.31. The summed E-state index contributed by atoms with van der Waals surface area (Å²) in [5.41, 5.74) is 0. The Bertz CT molecular complexity index is 317. The van der Waals surface area contributed by atoms with Gasteiger partial charge < -0.3 is 4.74 Å². The van der Waals surface area contributed by atoms with Crippen LogP contribution in [0.5, 0.6) is 0 Å². The summed E-state index contributed by atoms with van der Waals surface area (Å²) in [6, 6.07) is 0. The van der Waals surface area contributed by atoms with E-state index in [4.69, 9.17) is 4.74 Å². The Balaban J connectivity index is 2.13. The number of esters is 1. The molecule has 0 aromatic heterocycles. The van der Waals surface area contributed by atoms with Gasteiger partial charge in [0.25, 0.3) is 11.8 Å². The van der Waals surface area contributed by atoms with Gasteiger partial charge in [0.15, 0.2) is 0 Å². The molecule has 17 heavy (non-hydrogen) atoms. The van der Waals surface area contributed by atoms with Crippen molar-refractivity contribution in [1.82, 2.24) is 4.90 Å². The smallest absolute Gasteiger partial charge is 0.305 e. The number of hydrogen-bond acceptors (Lipinski definition) is 4. The topological polar surface area (TPSA) is 63.7 Å². The van der Waals surface area contributed by atoms with Gasteiger partial charge in [0.1, 0.15) is 0 Å². The molecule has 5 heteroatoms. The fourth-order valence-electron chi connectivity index (χ4n) is 1.44. The summed E-state index contributed by atoms with van der Waals surface area (Å²) in [7, 11) is 0. The molecule has 0 aliphatic carbocycles. The van der Waals surface area contributed by atoms with E-state index in [-0.39, 0.29) is 30.7 Å². The van der Waals surface area contributed by atoms with E-state index in [0.717, 1.165) is 17.7 Å². The highest BCUT2D eigenvalue weighted by Crippen LogP contribution is 2.06. The fraction of sp³-hybridized carbons (Fsp3) is 0.583. The van der Waals surface area contributed by atoms with E-state index in [2.05, 4.69) is 0 Å². The molecule has 94 valence electrons. The molecule has 5 nitrogen and oxygen atoms in total. The van der Waals surface area contributed by atoms with Crippen molar-refractivity contribution in [1.29, 1.82) is 0 Å². The Hall–Kier alpha value is -1.65. The van der Waals surface area contributed by atoms with Gasteiger partial charge in [-0.05, 0) is 12.8 Å². The van der Waals surface area contributed by atoms with Gasteiger partial charge in [-0.3, -0.25) is 19.3 Å². The quantitative estimate of drug-likeness (QED) is 0.378. The molecule has 0 radical (unpaired) electrons. The molecule has 1 rings (SSSR count). The Morgan fingerprint density at radius 1 is 1.24 bits per heavy atom. The van der Waals surface area contributed by atoms with Crippen LogP contribution in [0.1, 0.15) is 32.6 Å². The molecular weight excluding hydrogens is 222 g/mol.